The minimum Gasteiger partial charge on any atom is -0.389 e. The normalized spacial score (nSPS) is 16.9. The van der Waals surface area contributed by atoms with E-state index >= 15 is 0 Å². The van der Waals surface area contributed by atoms with Gasteiger partial charge in [0.25, 0.3) is 0 Å². The number of rotatable bonds is 4. The van der Waals surface area contributed by atoms with Crippen molar-refractivity contribution in [3.63, 3.8) is 0 Å². The summed E-state index contributed by atoms with van der Waals surface area (Å²) in [6, 6.07) is 5.05. The van der Waals surface area contributed by atoms with Crippen LogP contribution in [0.3, 0.4) is 0 Å². The highest BCUT2D eigenvalue weighted by atomic mass is 79.9. The lowest BCUT2D eigenvalue weighted by Gasteiger charge is -2.26. The molecule has 1 fully saturated rings. The van der Waals surface area contributed by atoms with Crippen LogP contribution in [0.25, 0.3) is 0 Å². The smallest absolute Gasteiger partial charge is 0.301 e. The molecule has 1 heterocycles. The molecule has 1 aliphatic heterocycles. The summed E-state index contributed by atoms with van der Waals surface area (Å²) < 4.78 is 34.3. The van der Waals surface area contributed by atoms with E-state index in [1.807, 2.05) is 0 Å². The zero-order valence-corrected chi connectivity index (χ0v) is 13.7. The van der Waals surface area contributed by atoms with Gasteiger partial charge in [0.05, 0.1) is 18.9 Å². The summed E-state index contributed by atoms with van der Waals surface area (Å²) in [4.78, 5) is 0.136. The van der Waals surface area contributed by atoms with Crippen LogP contribution in [0, 0.1) is 0 Å². The monoisotopic (exact) mass is 379 g/mol. The quantitative estimate of drug-likeness (QED) is 0.764. The van der Waals surface area contributed by atoms with E-state index in [1.54, 1.807) is 18.2 Å². The summed E-state index contributed by atoms with van der Waals surface area (Å²) in [5.74, 6) is 0. The van der Waals surface area contributed by atoms with Gasteiger partial charge in [-0.25, -0.2) is 0 Å². The number of thiocarbonyl (C=S) groups is 1. The number of nitrogens with one attached hydrogen (secondary N) is 1. The molecule has 1 aromatic carbocycles. The molecular weight excluding hydrogens is 366 g/mol. The first-order valence-electron chi connectivity index (χ1n) is 5.85. The topological polar surface area (TPSA) is 84.7 Å². The largest absolute Gasteiger partial charge is 0.389 e. The number of benzene rings is 1. The Morgan fingerprint density at radius 3 is 2.65 bits per heavy atom. The molecule has 0 unspecified atom stereocenters. The average Bonchev–Trinajstić information content (AvgIpc) is 2.39. The Morgan fingerprint density at radius 1 is 1.40 bits per heavy atom. The van der Waals surface area contributed by atoms with Gasteiger partial charge in [-0.05, 0) is 18.2 Å². The molecule has 3 N–H and O–H groups in total. The van der Waals surface area contributed by atoms with Crippen molar-refractivity contribution in [1.82, 2.24) is 4.31 Å². The molecule has 0 amide bonds. The zero-order valence-electron chi connectivity index (χ0n) is 10.5. The van der Waals surface area contributed by atoms with Crippen molar-refractivity contribution in [3.05, 3.63) is 28.2 Å². The molecule has 0 aliphatic carbocycles. The standard InChI is InChI=1S/C11H14BrN3O3S2/c12-8-1-2-9(11(13)19)10(7-8)14-20(16,17)15-3-5-18-6-4-15/h1-2,7,14H,3-6H2,(H2,13,19). The number of halogens is 1. The molecule has 0 saturated carbocycles. The number of hydrogen-bond donors (Lipinski definition) is 2. The Hall–Kier alpha value is -0.740. The van der Waals surface area contributed by atoms with Crippen LogP contribution >= 0.6 is 28.1 Å². The molecular formula is C11H14BrN3O3S2. The fourth-order valence-electron chi connectivity index (χ4n) is 1.81. The summed E-state index contributed by atoms with van der Waals surface area (Å²) >= 11 is 8.23. The maximum atomic E-state index is 12.3. The number of morpholine rings is 1. The summed E-state index contributed by atoms with van der Waals surface area (Å²) in [5, 5.41) is 0. The molecule has 2 rings (SSSR count). The van der Waals surface area contributed by atoms with Gasteiger partial charge in [-0.3, -0.25) is 4.72 Å². The SMILES string of the molecule is NC(=S)c1ccc(Br)cc1NS(=O)(=O)N1CCOCC1. The highest BCUT2D eigenvalue weighted by molar-refractivity contribution is 9.10. The van der Waals surface area contributed by atoms with Gasteiger partial charge in [0.2, 0.25) is 0 Å². The van der Waals surface area contributed by atoms with Gasteiger partial charge in [0.15, 0.2) is 0 Å². The van der Waals surface area contributed by atoms with Crippen LogP contribution in [0.5, 0.6) is 0 Å². The van der Waals surface area contributed by atoms with Gasteiger partial charge in [-0.2, -0.15) is 12.7 Å². The van der Waals surface area contributed by atoms with E-state index in [-0.39, 0.29) is 4.99 Å². The van der Waals surface area contributed by atoms with Crippen LogP contribution in [-0.2, 0) is 14.9 Å². The van der Waals surface area contributed by atoms with E-state index in [0.29, 0.717) is 37.6 Å². The molecule has 1 aromatic rings. The highest BCUT2D eigenvalue weighted by Crippen LogP contribution is 2.23. The Balaban J connectivity index is 2.28. The van der Waals surface area contributed by atoms with Gasteiger partial charge < -0.3 is 10.5 Å². The van der Waals surface area contributed by atoms with Crippen LogP contribution in [0.4, 0.5) is 5.69 Å². The number of nitrogens with zero attached hydrogens (tertiary/aromatic N) is 1. The van der Waals surface area contributed by atoms with Crippen molar-refractivity contribution in [1.29, 1.82) is 0 Å². The van der Waals surface area contributed by atoms with Crippen molar-refractivity contribution in [2.45, 2.75) is 0 Å². The third kappa shape index (κ3) is 3.67. The maximum Gasteiger partial charge on any atom is 0.301 e. The van der Waals surface area contributed by atoms with Crippen LogP contribution in [-0.4, -0.2) is 44.0 Å². The lowest BCUT2D eigenvalue weighted by molar-refractivity contribution is 0.0733. The van der Waals surface area contributed by atoms with E-state index in [4.69, 9.17) is 22.7 Å². The lowest BCUT2D eigenvalue weighted by atomic mass is 10.2. The van der Waals surface area contributed by atoms with Gasteiger partial charge in [-0.15, -0.1) is 0 Å². The minimum atomic E-state index is -3.64. The van der Waals surface area contributed by atoms with E-state index in [1.165, 1.54) is 4.31 Å². The van der Waals surface area contributed by atoms with E-state index in [0.717, 1.165) is 4.47 Å². The minimum absolute atomic E-state index is 0.136. The molecule has 0 atom stereocenters. The van der Waals surface area contributed by atoms with Crippen molar-refractivity contribution in [2.75, 3.05) is 31.0 Å². The first kappa shape index (κ1) is 15.6. The molecule has 0 radical (unpaired) electrons. The molecule has 9 heteroatoms. The Bertz CT molecular complexity index is 615. The third-order valence-electron chi connectivity index (χ3n) is 2.80. The van der Waals surface area contributed by atoms with Gasteiger partial charge in [-0.1, -0.05) is 28.1 Å². The fourth-order valence-corrected chi connectivity index (χ4v) is 3.55. The Kier molecular flexibility index (Phi) is 4.97. The molecule has 0 spiro atoms. The van der Waals surface area contributed by atoms with Crippen molar-refractivity contribution in [3.8, 4) is 0 Å². The predicted octanol–water partition coefficient (Wildman–Crippen LogP) is 1.07. The second kappa shape index (κ2) is 6.35. The second-order valence-electron chi connectivity index (χ2n) is 4.17. The predicted molar refractivity (Wildman–Crippen MR) is 85.0 cm³/mol. The number of ether oxygens (including phenoxy) is 1. The van der Waals surface area contributed by atoms with E-state index in [9.17, 15) is 8.42 Å². The van der Waals surface area contributed by atoms with Crippen LogP contribution in [0.2, 0.25) is 0 Å². The van der Waals surface area contributed by atoms with Gasteiger partial charge in [0.1, 0.15) is 4.99 Å². The summed E-state index contributed by atoms with van der Waals surface area (Å²) in [6.07, 6.45) is 0. The first-order chi connectivity index (χ1) is 9.40. The average molecular weight is 380 g/mol. The summed E-state index contributed by atoms with van der Waals surface area (Å²) in [5.41, 5.74) is 6.46. The highest BCUT2D eigenvalue weighted by Gasteiger charge is 2.25. The van der Waals surface area contributed by atoms with Crippen LogP contribution < -0.4 is 10.5 Å². The summed E-state index contributed by atoms with van der Waals surface area (Å²) in [6.45, 7) is 1.43. The Labute approximate surface area is 131 Å². The lowest BCUT2D eigenvalue weighted by Crippen LogP contribution is -2.43. The van der Waals surface area contributed by atoms with Crippen molar-refractivity contribution >= 4 is 49.0 Å². The fraction of sp³-hybridized carbons (Fsp3) is 0.364. The molecule has 20 heavy (non-hydrogen) atoms. The molecule has 6 nitrogen and oxygen atoms in total. The van der Waals surface area contributed by atoms with E-state index in [2.05, 4.69) is 20.7 Å². The first-order valence-corrected chi connectivity index (χ1v) is 8.49. The van der Waals surface area contributed by atoms with Gasteiger partial charge >= 0.3 is 10.2 Å². The van der Waals surface area contributed by atoms with Crippen molar-refractivity contribution in [2.24, 2.45) is 5.73 Å². The molecule has 1 saturated heterocycles. The Morgan fingerprint density at radius 2 is 2.05 bits per heavy atom. The van der Waals surface area contributed by atoms with Crippen LogP contribution in [0.1, 0.15) is 5.56 Å². The number of anilines is 1. The van der Waals surface area contributed by atoms with Gasteiger partial charge in [0, 0.05) is 23.1 Å². The maximum absolute atomic E-state index is 12.3. The number of hydrogen-bond acceptors (Lipinski definition) is 4. The third-order valence-corrected chi connectivity index (χ3v) is 5.03. The number of nitrogens with two attached hydrogens (primary N) is 1. The van der Waals surface area contributed by atoms with Crippen molar-refractivity contribution < 1.29 is 13.2 Å². The molecule has 110 valence electrons. The molecule has 1 aliphatic rings. The van der Waals surface area contributed by atoms with E-state index < -0.39 is 10.2 Å². The zero-order chi connectivity index (χ0) is 14.8. The molecule has 0 aromatic heterocycles. The summed E-state index contributed by atoms with van der Waals surface area (Å²) in [7, 11) is -3.64. The second-order valence-corrected chi connectivity index (χ2v) is 7.20. The molecule has 0 bridgehead atoms. The van der Waals surface area contributed by atoms with Crippen LogP contribution in [0.15, 0.2) is 22.7 Å².